The second kappa shape index (κ2) is 37.7. The van der Waals surface area contributed by atoms with Gasteiger partial charge in [-0.05, 0) is 64.2 Å². The number of esters is 2. The van der Waals surface area contributed by atoms with Crippen molar-refractivity contribution < 1.29 is 73.8 Å². The monoisotopic (exact) mass is 929 g/mol. The second-order valence-electron chi connectivity index (χ2n) is 17.6. The number of rotatable bonds is 38. The number of hydrogen-bond acceptors (Lipinski definition) is 15. The zero-order valence-corrected chi connectivity index (χ0v) is 39.7. The van der Waals surface area contributed by atoms with E-state index in [9.17, 15) is 45.3 Å². The third kappa shape index (κ3) is 26.2. The first-order chi connectivity index (χ1) is 31.5. The van der Waals surface area contributed by atoms with E-state index in [0.29, 0.717) is 12.8 Å². The Bertz CT molecular complexity index is 1280. The molecule has 4 unspecified atom stereocenters. The summed E-state index contributed by atoms with van der Waals surface area (Å²) in [5.41, 5.74) is 0. The van der Waals surface area contributed by atoms with E-state index in [-0.39, 0.29) is 26.1 Å². The topological polar surface area (TPSA) is 231 Å². The highest BCUT2D eigenvalue weighted by molar-refractivity contribution is 5.70. The van der Waals surface area contributed by atoms with Crippen LogP contribution in [0.1, 0.15) is 174 Å². The van der Waals surface area contributed by atoms with Crippen LogP contribution >= 0.6 is 0 Å². The molecule has 15 nitrogen and oxygen atoms in total. The van der Waals surface area contributed by atoms with Crippen molar-refractivity contribution in [3.63, 3.8) is 0 Å². The molecule has 15 heteroatoms. The fourth-order valence-electron chi connectivity index (χ4n) is 7.64. The minimum Gasteiger partial charge on any atom is -0.462 e. The molecule has 0 saturated carbocycles. The van der Waals surface area contributed by atoms with Crippen LogP contribution in [0.15, 0.2) is 36.5 Å². The smallest absolute Gasteiger partial charge is 0.306 e. The van der Waals surface area contributed by atoms with Crippen LogP contribution in [0.25, 0.3) is 0 Å². The fourth-order valence-corrected chi connectivity index (χ4v) is 7.64. The molecule has 0 aromatic heterocycles. The van der Waals surface area contributed by atoms with Gasteiger partial charge in [0, 0.05) is 12.8 Å². The van der Waals surface area contributed by atoms with Crippen LogP contribution in [0.3, 0.4) is 0 Å². The maximum atomic E-state index is 13.0. The normalized spacial score (nSPS) is 26.7. The van der Waals surface area contributed by atoms with Gasteiger partial charge in [0.1, 0.15) is 55.4 Å². The third-order valence-electron chi connectivity index (χ3n) is 11.8. The number of aliphatic hydroxyl groups is 7. The van der Waals surface area contributed by atoms with E-state index in [1.54, 1.807) is 0 Å². The molecule has 2 rings (SSSR count). The first-order valence-electron chi connectivity index (χ1n) is 25.1. The minimum absolute atomic E-state index is 0.157. The van der Waals surface area contributed by atoms with Crippen LogP contribution in [0.2, 0.25) is 0 Å². The average Bonchev–Trinajstić information content (AvgIpc) is 3.30. The summed E-state index contributed by atoms with van der Waals surface area (Å²) < 4.78 is 33.5. The van der Waals surface area contributed by atoms with Crippen LogP contribution in [0.5, 0.6) is 0 Å². The van der Waals surface area contributed by atoms with Gasteiger partial charge in [0.2, 0.25) is 0 Å². The summed E-state index contributed by atoms with van der Waals surface area (Å²) in [6.45, 7) is 2.51. The molecule has 0 aliphatic carbocycles. The third-order valence-corrected chi connectivity index (χ3v) is 11.8. The lowest BCUT2D eigenvalue weighted by Gasteiger charge is -2.42. The molecule has 0 radical (unpaired) electrons. The number of carbonyl (C=O) groups excluding carboxylic acids is 2. The zero-order chi connectivity index (χ0) is 47.5. The van der Waals surface area contributed by atoms with Gasteiger partial charge in [0.15, 0.2) is 18.7 Å². The van der Waals surface area contributed by atoms with Crippen molar-refractivity contribution in [3.05, 3.63) is 36.5 Å². The van der Waals surface area contributed by atoms with Gasteiger partial charge >= 0.3 is 11.9 Å². The number of aliphatic hydroxyl groups excluding tert-OH is 7. The molecule has 0 aromatic rings. The van der Waals surface area contributed by atoms with Gasteiger partial charge in [0.25, 0.3) is 0 Å². The molecule has 0 bridgehead atoms. The average molecular weight is 929 g/mol. The van der Waals surface area contributed by atoms with Crippen molar-refractivity contribution in [3.8, 4) is 0 Å². The van der Waals surface area contributed by atoms with Crippen molar-refractivity contribution in [2.75, 3.05) is 26.4 Å². The van der Waals surface area contributed by atoms with Crippen molar-refractivity contribution in [2.45, 2.75) is 242 Å². The van der Waals surface area contributed by atoms with E-state index >= 15 is 0 Å². The van der Waals surface area contributed by atoms with Gasteiger partial charge in [-0.2, -0.15) is 0 Å². The molecule has 0 spiro atoms. The first-order valence-corrected chi connectivity index (χ1v) is 25.1. The highest BCUT2D eigenvalue weighted by atomic mass is 16.7. The molecular formula is C50H88O15. The summed E-state index contributed by atoms with van der Waals surface area (Å²) >= 11 is 0. The summed E-state index contributed by atoms with van der Waals surface area (Å²) in [6.07, 6.45) is 21.7. The molecular weight excluding hydrogens is 841 g/mol. The van der Waals surface area contributed by atoms with Gasteiger partial charge < -0.3 is 64.2 Å². The van der Waals surface area contributed by atoms with Crippen molar-refractivity contribution in [2.24, 2.45) is 0 Å². The fraction of sp³-hybridized carbons (Fsp3) is 0.840. The second-order valence-corrected chi connectivity index (χ2v) is 17.6. The van der Waals surface area contributed by atoms with Gasteiger partial charge in [-0.25, -0.2) is 0 Å². The maximum absolute atomic E-state index is 13.0. The molecule has 0 amide bonds. The van der Waals surface area contributed by atoms with Crippen LogP contribution in [0.4, 0.5) is 0 Å². The van der Waals surface area contributed by atoms with Gasteiger partial charge in [-0.1, -0.05) is 134 Å². The Morgan fingerprint density at radius 1 is 0.492 bits per heavy atom. The number of ether oxygens (including phenoxy) is 6. The number of carbonyl (C=O) groups is 2. The Morgan fingerprint density at radius 3 is 1.49 bits per heavy atom. The SMILES string of the molecule is CCCC/C=C/C/C=C/CCCCCCCC(=O)OC[C@H](CO[C@@H]1O[C@H](CO[C@@H]2O[C@H](CO)[C@H](O)C(O)C2O)[C@H](O)C(O)C1O)OC(=O)CCCCCCCCC/C=C/CCCCCC. The summed E-state index contributed by atoms with van der Waals surface area (Å²) in [4.78, 5) is 25.7. The summed E-state index contributed by atoms with van der Waals surface area (Å²) in [5, 5.41) is 72.0. The van der Waals surface area contributed by atoms with Crippen LogP contribution in [0, 0.1) is 0 Å². The molecule has 2 fully saturated rings. The maximum Gasteiger partial charge on any atom is 0.306 e. The van der Waals surface area contributed by atoms with E-state index in [2.05, 4.69) is 50.3 Å². The largest absolute Gasteiger partial charge is 0.462 e. The first kappa shape index (κ1) is 58.8. The van der Waals surface area contributed by atoms with Gasteiger partial charge in [-0.3, -0.25) is 9.59 Å². The predicted molar refractivity (Wildman–Crippen MR) is 247 cm³/mol. The molecule has 11 atom stereocenters. The molecule has 65 heavy (non-hydrogen) atoms. The Kier molecular flexibility index (Phi) is 34.1. The molecule has 7 N–H and O–H groups in total. The van der Waals surface area contributed by atoms with E-state index in [1.807, 2.05) is 0 Å². The Labute approximate surface area is 389 Å². The van der Waals surface area contributed by atoms with Crippen molar-refractivity contribution in [1.29, 1.82) is 0 Å². The van der Waals surface area contributed by atoms with Crippen LogP contribution in [-0.2, 0) is 38.0 Å². The minimum atomic E-state index is -1.77. The number of unbranched alkanes of at least 4 members (excludes halogenated alkanes) is 18. The molecule has 0 aromatic carbocycles. The van der Waals surface area contributed by atoms with Crippen LogP contribution < -0.4 is 0 Å². The predicted octanol–water partition coefficient (Wildman–Crippen LogP) is 6.54. The standard InChI is InChI=1S/C50H88O15/c1-3-5-7-9-11-13-15-17-19-21-23-25-27-29-31-33-42(53)63-38(35-60-41(52)32-30-28-26-24-22-20-18-16-14-12-10-8-6-4-2)36-61-49-48(59)46(57)44(55)40(65-49)37-62-50-47(58)45(56)43(54)39(34-51)64-50/h10,12-13,15-16,18,38-40,43-51,54-59H,3-9,11,14,17,19-37H2,1-2H3/b12-10+,15-13+,18-16+/t38-,39-,40-,43+,44+,45?,46?,47?,48?,49-,50-/m1/s1. The van der Waals surface area contributed by atoms with E-state index < -0.39 is 92.7 Å². The molecule has 2 aliphatic rings. The van der Waals surface area contributed by atoms with E-state index in [4.69, 9.17) is 28.4 Å². The summed E-state index contributed by atoms with van der Waals surface area (Å²) in [7, 11) is 0. The lowest BCUT2D eigenvalue weighted by atomic mass is 9.98. The highest BCUT2D eigenvalue weighted by Gasteiger charge is 2.47. The molecule has 2 heterocycles. The number of allylic oxidation sites excluding steroid dienone is 6. The zero-order valence-electron chi connectivity index (χ0n) is 39.7. The molecule has 2 saturated heterocycles. The van der Waals surface area contributed by atoms with Crippen LogP contribution in [-0.4, -0.2) is 142 Å². The van der Waals surface area contributed by atoms with E-state index in [0.717, 1.165) is 77.0 Å². The van der Waals surface area contributed by atoms with Crippen molar-refractivity contribution >= 4 is 11.9 Å². The van der Waals surface area contributed by atoms with E-state index in [1.165, 1.54) is 57.8 Å². The molecule has 378 valence electrons. The lowest BCUT2D eigenvalue weighted by Crippen LogP contribution is -2.61. The summed E-state index contributed by atoms with van der Waals surface area (Å²) in [6, 6.07) is 0. The Morgan fingerprint density at radius 2 is 0.938 bits per heavy atom. The van der Waals surface area contributed by atoms with Crippen molar-refractivity contribution in [1.82, 2.24) is 0 Å². The van der Waals surface area contributed by atoms with Gasteiger partial charge in [0.05, 0.1) is 19.8 Å². The summed E-state index contributed by atoms with van der Waals surface area (Å²) in [5.74, 6) is -0.946. The lowest BCUT2D eigenvalue weighted by molar-refractivity contribution is -0.332. The molecule has 2 aliphatic heterocycles. The Hall–Kier alpha value is -2.28. The van der Waals surface area contributed by atoms with Gasteiger partial charge in [-0.15, -0.1) is 0 Å². The quantitative estimate of drug-likeness (QED) is 0.0198. The number of hydrogen-bond donors (Lipinski definition) is 7. The Balaban J connectivity index is 1.83. The highest BCUT2D eigenvalue weighted by Crippen LogP contribution is 2.26.